The number of benzene rings is 1. The molecule has 0 N–H and O–H groups in total. The Labute approximate surface area is 108 Å². The van der Waals surface area contributed by atoms with Crippen molar-refractivity contribution in [2.24, 2.45) is 7.05 Å². The predicted octanol–water partition coefficient (Wildman–Crippen LogP) is 2.87. The second kappa shape index (κ2) is 4.30. The summed E-state index contributed by atoms with van der Waals surface area (Å²) >= 11 is 0. The second-order valence-corrected chi connectivity index (χ2v) is 4.71. The summed E-state index contributed by atoms with van der Waals surface area (Å²) in [7, 11) is 2.11. The van der Waals surface area contributed by atoms with Crippen LogP contribution in [-0.4, -0.2) is 4.57 Å². The molecule has 0 fully saturated rings. The topological polar surface area (TPSA) is 8.81 Å². The molecule has 0 aliphatic carbocycles. The van der Waals surface area contributed by atoms with E-state index in [1.807, 2.05) is 0 Å². The summed E-state index contributed by atoms with van der Waals surface area (Å²) in [5.41, 5.74) is 3.91. The van der Waals surface area contributed by atoms with Crippen LogP contribution in [0.2, 0.25) is 0 Å². The quantitative estimate of drug-likeness (QED) is 0.674. The lowest BCUT2D eigenvalue weighted by Crippen LogP contribution is -2.28. The molecule has 0 saturated carbocycles. The summed E-state index contributed by atoms with van der Waals surface area (Å²) in [5, 5.41) is 0. The molecule has 1 aliphatic rings. The number of aromatic nitrogens is 2. The van der Waals surface area contributed by atoms with E-state index in [9.17, 15) is 0 Å². The Bertz CT molecular complexity index is 645. The molecule has 1 aliphatic heterocycles. The number of hydrogen-bond donors (Lipinski definition) is 0. The van der Waals surface area contributed by atoms with Crippen molar-refractivity contribution < 1.29 is 4.57 Å². The monoisotopic (exact) mass is 237 g/mol. The van der Waals surface area contributed by atoms with Gasteiger partial charge in [-0.05, 0) is 24.6 Å². The fourth-order valence-corrected chi connectivity index (χ4v) is 2.52. The van der Waals surface area contributed by atoms with E-state index in [1.165, 1.54) is 22.6 Å². The van der Waals surface area contributed by atoms with E-state index in [4.69, 9.17) is 0 Å². The molecule has 2 heterocycles. The van der Waals surface area contributed by atoms with E-state index in [1.54, 1.807) is 0 Å². The number of hydrogen-bond acceptors (Lipinski definition) is 0. The number of rotatable bonds is 1. The van der Waals surface area contributed by atoms with E-state index < -0.39 is 0 Å². The number of fused-ring (bicyclic) bond motifs is 1. The SMILES string of the molecule is Cc1ccccc1-c1n2c(c[n+]1C)CC=CC=C2. The van der Waals surface area contributed by atoms with Crippen LogP contribution in [0, 0.1) is 6.92 Å². The zero-order chi connectivity index (χ0) is 12.5. The number of allylic oxidation sites excluding steroid dienone is 3. The van der Waals surface area contributed by atoms with E-state index in [0.717, 1.165) is 6.42 Å². The molecule has 0 amide bonds. The van der Waals surface area contributed by atoms with E-state index >= 15 is 0 Å². The summed E-state index contributed by atoms with van der Waals surface area (Å²) in [6.07, 6.45) is 11.7. The number of aryl methyl sites for hydroxylation is 2. The van der Waals surface area contributed by atoms with Crippen LogP contribution in [-0.2, 0) is 13.5 Å². The van der Waals surface area contributed by atoms with Crippen LogP contribution in [0.15, 0.2) is 48.7 Å². The van der Waals surface area contributed by atoms with Gasteiger partial charge in [-0.15, -0.1) is 0 Å². The minimum Gasteiger partial charge on any atom is -0.232 e. The smallest absolute Gasteiger partial charge is 0.232 e. The van der Waals surface area contributed by atoms with Crippen LogP contribution in [0.4, 0.5) is 0 Å². The van der Waals surface area contributed by atoms with Crippen LogP contribution in [0.3, 0.4) is 0 Å². The fraction of sp³-hybridized carbons (Fsp3) is 0.188. The van der Waals surface area contributed by atoms with Gasteiger partial charge in [-0.2, -0.15) is 4.57 Å². The third-order valence-electron chi connectivity index (χ3n) is 3.41. The van der Waals surface area contributed by atoms with Gasteiger partial charge < -0.3 is 0 Å². The molecule has 0 unspecified atom stereocenters. The molecule has 0 atom stereocenters. The Morgan fingerprint density at radius 3 is 2.83 bits per heavy atom. The molecular formula is C16H17N2+. The highest BCUT2D eigenvalue weighted by molar-refractivity contribution is 5.61. The first-order valence-electron chi connectivity index (χ1n) is 6.26. The average Bonchev–Trinajstić information content (AvgIpc) is 2.53. The summed E-state index contributed by atoms with van der Waals surface area (Å²) in [4.78, 5) is 0. The standard InChI is InChI=1S/C16H17N2/c1-13-8-5-6-10-15(13)16-17(2)12-14-9-4-3-7-11-18(14)16/h3-8,10-12H,9H2,1-2H3/q+1. The largest absolute Gasteiger partial charge is 0.293 e. The molecule has 2 aromatic rings. The summed E-state index contributed by atoms with van der Waals surface area (Å²) in [6, 6.07) is 8.53. The molecule has 90 valence electrons. The lowest BCUT2D eigenvalue weighted by molar-refractivity contribution is -0.659. The van der Waals surface area contributed by atoms with Gasteiger partial charge in [0.05, 0.1) is 18.8 Å². The fourth-order valence-electron chi connectivity index (χ4n) is 2.52. The van der Waals surface area contributed by atoms with Gasteiger partial charge in [0, 0.05) is 6.42 Å². The van der Waals surface area contributed by atoms with Gasteiger partial charge in [0.2, 0.25) is 0 Å². The first-order valence-corrected chi connectivity index (χ1v) is 6.26. The summed E-state index contributed by atoms with van der Waals surface area (Å²) < 4.78 is 4.49. The average molecular weight is 237 g/mol. The molecule has 0 spiro atoms. The van der Waals surface area contributed by atoms with Gasteiger partial charge in [0.15, 0.2) is 5.69 Å². The minimum absolute atomic E-state index is 0.979. The first-order chi connectivity index (χ1) is 8.77. The van der Waals surface area contributed by atoms with Crippen molar-refractivity contribution in [2.45, 2.75) is 13.3 Å². The van der Waals surface area contributed by atoms with E-state index in [2.05, 4.69) is 78.0 Å². The second-order valence-electron chi connectivity index (χ2n) is 4.71. The highest BCUT2D eigenvalue weighted by atomic mass is 15.1. The van der Waals surface area contributed by atoms with Crippen LogP contribution in [0.25, 0.3) is 17.6 Å². The normalized spacial score (nSPS) is 13.4. The van der Waals surface area contributed by atoms with Gasteiger partial charge in [0.25, 0.3) is 5.82 Å². The third kappa shape index (κ3) is 1.70. The van der Waals surface area contributed by atoms with Crippen LogP contribution < -0.4 is 4.57 Å². The molecule has 2 heteroatoms. The van der Waals surface area contributed by atoms with Gasteiger partial charge >= 0.3 is 0 Å². The van der Waals surface area contributed by atoms with Crippen LogP contribution in [0.5, 0.6) is 0 Å². The first kappa shape index (κ1) is 11.0. The Morgan fingerprint density at radius 1 is 1.17 bits per heavy atom. The molecule has 2 nitrogen and oxygen atoms in total. The van der Waals surface area contributed by atoms with Crippen molar-refractivity contribution in [1.29, 1.82) is 0 Å². The van der Waals surface area contributed by atoms with Crippen LogP contribution in [0.1, 0.15) is 11.3 Å². The van der Waals surface area contributed by atoms with Gasteiger partial charge in [-0.3, -0.25) is 0 Å². The summed E-state index contributed by atoms with van der Waals surface area (Å²) in [5.74, 6) is 1.24. The van der Waals surface area contributed by atoms with E-state index in [-0.39, 0.29) is 0 Å². The molecule has 0 radical (unpaired) electrons. The number of nitrogens with zero attached hydrogens (tertiary/aromatic N) is 2. The Morgan fingerprint density at radius 2 is 2.00 bits per heavy atom. The van der Waals surface area contributed by atoms with Crippen molar-refractivity contribution in [3.63, 3.8) is 0 Å². The van der Waals surface area contributed by atoms with Gasteiger partial charge in [0.1, 0.15) is 6.20 Å². The third-order valence-corrected chi connectivity index (χ3v) is 3.41. The van der Waals surface area contributed by atoms with E-state index in [0.29, 0.717) is 0 Å². The van der Waals surface area contributed by atoms with Crippen molar-refractivity contribution in [3.8, 4) is 11.4 Å². The highest BCUT2D eigenvalue weighted by Gasteiger charge is 2.22. The zero-order valence-electron chi connectivity index (χ0n) is 10.8. The Hall–Kier alpha value is -2.09. The van der Waals surface area contributed by atoms with Gasteiger partial charge in [-0.25, -0.2) is 4.57 Å². The zero-order valence-corrected chi connectivity index (χ0v) is 10.8. The molecule has 1 aromatic heterocycles. The maximum atomic E-state index is 2.28. The maximum absolute atomic E-state index is 2.28. The molecule has 0 saturated heterocycles. The molecule has 18 heavy (non-hydrogen) atoms. The maximum Gasteiger partial charge on any atom is 0.293 e. The van der Waals surface area contributed by atoms with Crippen molar-refractivity contribution in [2.75, 3.05) is 0 Å². The lowest BCUT2D eigenvalue weighted by atomic mass is 10.1. The van der Waals surface area contributed by atoms with Gasteiger partial charge in [-0.1, -0.05) is 30.4 Å². The van der Waals surface area contributed by atoms with Crippen molar-refractivity contribution in [3.05, 3.63) is 59.9 Å². The Balaban J connectivity index is 2.25. The lowest BCUT2D eigenvalue weighted by Gasteiger charge is -2.03. The number of imidazole rings is 1. The molecule has 0 bridgehead atoms. The molecule has 3 rings (SSSR count). The Kier molecular flexibility index (Phi) is 2.63. The molecular weight excluding hydrogens is 220 g/mol. The van der Waals surface area contributed by atoms with Crippen molar-refractivity contribution in [1.82, 2.24) is 4.57 Å². The predicted molar refractivity (Wildman–Crippen MR) is 74.0 cm³/mol. The van der Waals surface area contributed by atoms with Crippen molar-refractivity contribution >= 4 is 6.20 Å². The van der Waals surface area contributed by atoms with Crippen LogP contribution >= 0.6 is 0 Å². The molecule has 1 aromatic carbocycles. The summed E-state index contributed by atoms with van der Waals surface area (Å²) in [6.45, 7) is 2.16. The minimum atomic E-state index is 0.979. The highest BCUT2D eigenvalue weighted by Crippen LogP contribution is 2.23.